The first-order chi connectivity index (χ1) is 11.1. The van der Waals surface area contributed by atoms with Crippen LogP contribution in [0.5, 0.6) is 0 Å². The summed E-state index contributed by atoms with van der Waals surface area (Å²) in [6.07, 6.45) is 1.94. The molecule has 122 valence electrons. The van der Waals surface area contributed by atoms with Crippen LogP contribution in [0.1, 0.15) is 5.69 Å². The quantitative estimate of drug-likeness (QED) is 0.929. The van der Waals surface area contributed by atoms with Gasteiger partial charge in [0.2, 0.25) is 10.0 Å². The number of aromatic amines is 1. The summed E-state index contributed by atoms with van der Waals surface area (Å²) in [6.45, 7) is 4.16. The van der Waals surface area contributed by atoms with Crippen LogP contribution in [-0.4, -0.2) is 48.8 Å². The zero-order valence-electron chi connectivity index (χ0n) is 12.9. The molecule has 2 unspecified atom stereocenters. The highest BCUT2D eigenvalue weighted by atomic mass is 32.2. The summed E-state index contributed by atoms with van der Waals surface area (Å²) in [5.41, 5.74) is 1.22. The Morgan fingerprint density at radius 2 is 1.65 bits per heavy atom. The van der Waals surface area contributed by atoms with Gasteiger partial charge < -0.3 is 4.98 Å². The topological polar surface area (TPSA) is 56.4 Å². The number of hydrogen-bond acceptors (Lipinski definition) is 3. The molecule has 0 bridgehead atoms. The second-order valence-electron chi connectivity index (χ2n) is 6.54. The van der Waals surface area contributed by atoms with Crippen molar-refractivity contribution >= 4 is 10.0 Å². The van der Waals surface area contributed by atoms with Crippen LogP contribution in [0, 0.1) is 11.8 Å². The van der Waals surface area contributed by atoms with Crippen LogP contribution in [0.4, 0.5) is 0 Å². The summed E-state index contributed by atoms with van der Waals surface area (Å²) in [6, 6.07) is 12.9. The minimum atomic E-state index is -3.34. The lowest BCUT2D eigenvalue weighted by Gasteiger charge is -2.21. The molecule has 2 atom stereocenters. The molecule has 2 saturated heterocycles. The molecule has 0 amide bonds. The third kappa shape index (κ3) is 2.82. The smallest absolute Gasteiger partial charge is 0.243 e. The number of benzene rings is 1. The number of fused-ring (bicyclic) bond motifs is 1. The molecule has 6 heteroatoms. The van der Waals surface area contributed by atoms with Gasteiger partial charge in [0.25, 0.3) is 0 Å². The SMILES string of the molecule is O=S(=O)(c1ccccc1)N1CC2CN(Cc3ccc[nH]3)CC2C1. The van der Waals surface area contributed by atoms with E-state index in [0.29, 0.717) is 29.8 Å². The molecular formula is C17H21N3O2S. The molecule has 4 rings (SSSR count). The van der Waals surface area contributed by atoms with E-state index < -0.39 is 10.0 Å². The molecule has 0 radical (unpaired) electrons. The van der Waals surface area contributed by atoms with Gasteiger partial charge in [-0.05, 0) is 36.1 Å². The number of aromatic nitrogens is 1. The molecule has 1 aromatic heterocycles. The Kier molecular flexibility index (Phi) is 3.75. The number of H-pyrrole nitrogens is 1. The van der Waals surface area contributed by atoms with Crippen molar-refractivity contribution in [2.45, 2.75) is 11.4 Å². The fraction of sp³-hybridized carbons (Fsp3) is 0.412. The molecule has 23 heavy (non-hydrogen) atoms. The zero-order valence-corrected chi connectivity index (χ0v) is 13.7. The maximum atomic E-state index is 12.7. The highest BCUT2D eigenvalue weighted by Crippen LogP contribution is 2.34. The van der Waals surface area contributed by atoms with Gasteiger partial charge in [0.15, 0.2) is 0 Å². The molecule has 2 fully saturated rings. The summed E-state index contributed by atoms with van der Waals surface area (Å²) in [5.74, 6) is 0.895. The van der Waals surface area contributed by atoms with E-state index in [2.05, 4.69) is 16.0 Å². The van der Waals surface area contributed by atoms with E-state index in [-0.39, 0.29) is 0 Å². The summed E-state index contributed by atoms with van der Waals surface area (Å²) < 4.78 is 27.1. The Balaban J connectivity index is 1.42. The van der Waals surface area contributed by atoms with Crippen LogP contribution in [0.15, 0.2) is 53.6 Å². The Morgan fingerprint density at radius 1 is 0.957 bits per heavy atom. The fourth-order valence-corrected chi connectivity index (χ4v) is 5.40. The lowest BCUT2D eigenvalue weighted by atomic mass is 10.0. The number of hydrogen-bond donors (Lipinski definition) is 1. The molecule has 0 spiro atoms. The van der Waals surface area contributed by atoms with Crippen LogP contribution >= 0.6 is 0 Å². The van der Waals surface area contributed by atoms with Crippen molar-refractivity contribution in [1.29, 1.82) is 0 Å². The third-order valence-corrected chi connectivity index (χ3v) is 6.81. The van der Waals surface area contributed by atoms with Crippen molar-refractivity contribution in [3.8, 4) is 0 Å². The van der Waals surface area contributed by atoms with Crippen molar-refractivity contribution < 1.29 is 8.42 Å². The highest BCUT2D eigenvalue weighted by Gasteiger charge is 2.44. The second-order valence-corrected chi connectivity index (χ2v) is 8.48. The summed E-state index contributed by atoms with van der Waals surface area (Å²) in [7, 11) is -3.34. The molecule has 0 aliphatic carbocycles. The molecule has 1 N–H and O–H groups in total. The Bertz CT molecular complexity index is 744. The van der Waals surface area contributed by atoms with E-state index in [4.69, 9.17) is 0 Å². The van der Waals surface area contributed by atoms with Gasteiger partial charge >= 0.3 is 0 Å². The summed E-state index contributed by atoms with van der Waals surface area (Å²) in [4.78, 5) is 6.07. The summed E-state index contributed by atoms with van der Waals surface area (Å²) >= 11 is 0. The van der Waals surface area contributed by atoms with Gasteiger partial charge in [-0.25, -0.2) is 8.42 Å². The summed E-state index contributed by atoms with van der Waals surface area (Å²) in [5, 5.41) is 0. The van der Waals surface area contributed by atoms with Crippen LogP contribution in [0.3, 0.4) is 0 Å². The average Bonchev–Trinajstić information content (AvgIpc) is 3.24. The predicted molar refractivity (Wildman–Crippen MR) is 88.3 cm³/mol. The standard InChI is InChI=1S/C17H21N3O2S/c21-23(22,17-6-2-1-3-7-17)20-11-14-9-19(10-15(14)12-20)13-16-5-4-8-18-16/h1-8,14-15,18H,9-13H2. The first-order valence-electron chi connectivity index (χ1n) is 8.03. The molecule has 3 heterocycles. The fourth-order valence-electron chi connectivity index (χ4n) is 3.82. The maximum Gasteiger partial charge on any atom is 0.243 e. The van der Waals surface area contributed by atoms with Crippen LogP contribution in [0.25, 0.3) is 0 Å². The van der Waals surface area contributed by atoms with Crippen LogP contribution in [-0.2, 0) is 16.6 Å². The van der Waals surface area contributed by atoms with E-state index in [9.17, 15) is 8.42 Å². The van der Waals surface area contributed by atoms with Gasteiger partial charge in [0, 0.05) is 44.6 Å². The molecule has 5 nitrogen and oxygen atoms in total. The third-order valence-electron chi connectivity index (χ3n) is 4.97. The number of likely N-dealkylation sites (tertiary alicyclic amines) is 1. The van der Waals surface area contributed by atoms with Gasteiger partial charge in [-0.1, -0.05) is 18.2 Å². The normalized spacial score (nSPS) is 25.7. The molecule has 2 aliphatic heterocycles. The van der Waals surface area contributed by atoms with Gasteiger partial charge in [-0.15, -0.1) is 0 Å². The highest BCUT2D eigenvalue weighted by molar-refractivity contribution is 7.89. The van der Waals surface area contributed by atoms with Crippen molar-refractivity contribution in [3.63, 3.8) is 0 Å². The van der Waals surface area contributed by atoms with Crippen molar-refractivity contribution in [1.82, 2.24) is 14.2 Å². The zero-order chi connectivity index (χ0) is 15.9. The van der Waals surface area contributed by atoms with Crippen molar-refractivity contribution in [2.24, 2.45) is 11.8 Å². The first kappa shape index (κ1) is 14.9. The minimum Gasteiger partial charge on any atom is -0.364 e. The van der Waals surface area contributed by atoms with Gasteiger partial charge in [-0.3, -0.25) is 4.90 Å². The molecule has 1 aromatic carbocycles. The largest absolute Gasteiger partial charge is 0.364 e. The number of rotatable bonds is 4. The minimum absolute atomic E-state index is 0.406. The predicted octanol–water partition coefficient (Wildman–Crippen LogP) is 1.77. The Labute approximate surface area is 137 Å². The molecule has 0 saturated carbocycles. The first-order valence-corrected chi connectivity index (χ1v) is 9.47. The van der Waals surface area contributed by atoms with Gasteiger partial charge in [0.1, 0.15) is 0 Å². The lowest BCUT2D eigenvalue weighted by Crippen LogP contribution is -2.33. The van der Waals surface area contributed by atoms with Crippen LogP contribution in [0.2, 0.25) is 0 Å². The van der Waals surface area contributed by atoms with Gasteiger partial charge in [-0.2, -0.15) is 4.31 Å². The van der Waals surface area contributed by atoms with E-state index in [1.807, 2.05) is 18.3 Å². The molecule has 2 aromatic rings. The number of nitrogens with one attached hydrogen (secondary N) is 1. The van der Waals surface area contributed by atoms with E-state index in [0.717, 1.165) is 19.6 Å². The van der Waals surface area contributed by atoms with Crippen LogP contribution < -0.4 is 0 Å². The van der Waals surface area contributed by atoms with E-state index in [1.54, 1.807) is 28.6 Å². The molecular weight excluding hydrogens is 310 g/mol. The number of sulfonamides is 1. The monoisotopic (exact) mass is 331 g/mol. The lowest BCUT2D eigenvalue weighted by molar-refractivity contribution is 0.287. The average molecular weight is 331 g/mol. The number of nitrogens with zero attached hydrogens (tertiary/aromatic N) is 2. The maximum absolute atomic E-state index is 12.7. The van der Waals surface area contributed by atoms with Crippen molar-refractivity contribution in [2.75, 3.05) is 26.2 Å². The molecule has 2 aliphatic rings. The Morgan fingerprint density at radius 3 is 2.26 bits per heavy atom. The van der Waals surface area contributed by atoms with E-state index >= 15 is 0 Å². The van der Waals surface area contributed by atoms with Gasteiger partial charge in [0.05, 0.1) is 4.90 Å². The Hall–Kier alpha value is -1.63. The van der Waals surface area contributed by atoms with E-state index in [1.165, 1.54) is 5.69 Å². The second kappa shape index (κ2) is 5.78. The van der Waals surface area contributed by atoms with Crippen molar-refractivity contribution in [3.05, 3.63) is 54.4 Å².